The van der Waals surface area contributed by atoms with Crippen molar-refractivity contribution in [2.24, 2.45) is 0 Å². The predicted molar refractivity (Wildman–Crippen MR) is 96.3 cm³/mol. The van der Waals surface area contributed by atoms with Crippen LogP contribution in [0.15, 0.2) is 24.3 Å². The van der Waals surface area contributed by atoms with Crippen LogP contribution < -0.4 is 0 Å². The topological polar surface area (TPSA) is 29.5 Å². The molecule has 21 heavy (non-hydrogen) atoms. The summed E-state index contributed by atoms with van der Waals surface area (Å²) in [4.78, 5) is 11.5. The molecule has 1 amide bonds. The number of carbonyl (C=O) groups excluding carboxylic acids is 1. The van der Waals surface area contributed by atoms with Gasteiger partial charge in [0, 0.05) is 10.3 Å². The average molecular weight is 366 g/mol. The molecule has 118 valence electrons. The molecule has 3 nitrogen and oxygen atoms in total. The van der Waals surface area contributed by atoms with Gasteiger partial charge in [0.25, 0.3) is 0 Å². The quantitative estimate of drug-likeness (QED) is 0.450. The Hall–Kier alpha value is -0.0600. The summed E-state index contributed by atoms with van der Waals surface area (Å²) in [6.07, 6.45) is 1.80. The molecule has 0 heterocycles. The summed E-state index contributed by atoms with van der Waals surface area (Å²) in [6, 6.07) is 7.43. The first kappa shape index (κ1) is 19.0. The summed E-state index contributed by atoms with van der Waals surface area (Å²) in [5.41, 5.74) is -1.41. The zero-order valence-corrected chi connectivity index (χ0v) is 15.8. The van der Waals surface area contributed by atoms with Gasteiger partial charge in [-0.1, -0.05) is 49.0 Å². The van der Waals surface area contributed by atoms with E-state index in [9.17, 15) is 4.79 Å². The zero-order chi connectivity index (χ0) is 15.9. The first-order valence-electron chi connectivity index (χ1n) is 6.85. The lowest BCUT2D eigenvalue weighted by atomic mass is 10.2. The van der Waals surface area contributed by atoms with Gasteiger partial charge >= 0.3 is 0 Å². The Morgan fingerprint density at radius 1 is 1.43 bits per heavy atom. The Kier molecular flexibility index (Phi) is 8.28. The van der Waals surface area contributed by atoms with Crippen molar-refractivity contribution in [1.29, 1.82) is 0 Å². The second-order valence-corrected chi connectivity index (χ2v) is 12.0. The number of hydrogen-bond acceptors (Lipinski definition) is 4. The monoisotopic (exact) mass is 365 g/mol. The Balaban J connectivity index is 2.93. The number of amides is 1. The molecule has 0 aliphatic rings. The van der Waals surface area contributed by atoms with E-state index in [4.69, 9.17) is 27.9 Å². The van der Waals surface area contributed by atoms with Crippen molar-refractivity contribution in [1.82, 2.24) is 4.67 Å². The highest BCUT2D eigenvalue weighted by Crippen LogP contribution is 2.64. The lowest BCUT2D eigenvalue weighted by Crippen LogP contribution is -2.19. The lowest BCUT2D eigenvalue weighted by molar-refractivity contribution is -0.114. The summed E-state index contributed by atoms with van der Waals surface area (Å²) in [6.45, 7) is 7.07. The SMILES string of the molecule is CCOP(=S)(SC(C)CC)N(C=O)Cc1ccc(Cl)cc1. The molecule has 0 aliphatic heterocycles. The van der Waals surface area contributed by atoms with Crippen LogP contribution in [0.4, 0.5) is 0 Å². The highest BCUT2D eigenvalue weighted by Gasteiger charge is 2.28. The van der Waals surface area contributed by atoms with Gasteiger partial charge in [-0.05, 0) is 42.8 Å². The van der Waals surface area contributed by atoms with Crippen LogP contribution in [0, 0.1) is 0 Å². The van der Waals surface area contributed by atoms with Gasteiger partial charge in [0.2, 0.25) is 12.0 Å². The van der Waals surface area contributed by atoms with E-state index < -0.39 is 5.62 Å². The number of hydrogen-bond donors (Lipinski definition) is 0. The third-order valence-corrected chi connectivity index (χ3v) is 10.1. The van der Waals surface area contributed by atoms with Crippen LogP contribution in [-0.4, -0.2) is 22.9 Å². The van der Waals surface area contributed by atoms with Crippen molar-refractivity contribution in [3.63, 3.8) is 0 Å². The second-order valence-electron chi connectivity index (χ2n) is 4.54. The van der Waals surface area contributed by atoms with E-state index in [1.165, 1.54) is 0 Å². The minimum Gasteiger partial charge on any atom is -0.327 e. The molecule has 0 N–H and O–H groups in total. The first-order valence-corrected chi connectivity index (χ1v) is 11.4. The highest BCUT2D eigenvalue weighted by atomic mass is 35.5. The van der Waals surface area contributed by atoms with E-state index in [2.05, 4.69) is 13.8 Å². The fourth-order valence-corrected chi connectivity index (χ4v) is 8.32. The van der Waals surface area contributed by atoms with Crippen molar-refractivity contribution in [2.75, 3.05) is 6.61 Å². The van der Waals surface area contributed by atoms with E-state index in [-0.39, 0.29) is 0 Å². The minimum atomic E-state index is -2.40. The van der Waals surface area contributed by atoms with Crippen LogP contribution in [0.1, 0.15) is 32.8 Å². The van der Waals surface area contributed by atoms with Gasteiger partial charge < -0.3 is 4.52 Å². The largest absolute Gasteiger partial charge is 0.327 e. The minimum absolute atomic E-state index is 0.357. The maximum absolute atomic E-state index is 11.5. The average Bonchev–Trinajstić information content (AvgIpc) is 2.46. The molecule has 2 atom stereocenters. The van der Waals surface area contributed by atoms with Gasteiger partial charge in [-0.3, -0.25) is 9.46 Å². The van der Waals surface area contributed by atoms with Gasteiger partial charge in [-0.2, -0.15) is 0 Å². The predicted octanol–water partition coefficient (Wildman–Crippen LogP) is 5.09. The summed E-state index contributed by atoms with van der Waals surface area (Å²) in [7, 11) is 0. The molecule has 0 saturated heterocycles. The molecule has 1 rings (SSSR count). The maximum atomic E-state index is 11.5. The molecule has 0 fully saturated rings. The van der Waals surface area contributed by atoms with Gasteiger partial charge in [0.15, 0.2) is 0 Å². The molecule has 7 heteroatoms. The van der Waals surface area contributed by atoms with E-state index in [1.54, 1.807) is 16.1 Å². The normalized spacial score (nSPS) is 15.2. The van der Waals surface area contributed by atoms with E-state index >= 15 is 0 Å². The standard InChI is InChI=1S/C14H21ClNO2PS2/c1-4-12(3)21-19(20,18-5-2)16(11-17)10-13-6-8-14(15)9-7-13/h6-9,11-12H,4-5,10H2,1-3H3. The molecule has 2 unspecified atom stereocenters. The molecule has 0 aromatic heterocycles. The van der Waals surface area contributed by atoms with Crippen molar-refractivity contribution in [2.45, 2.75) is 39.0 Å². The summed E-state index contributed by atoms with van der Waals surface area (Å²) >= 11 is 13.2. The van der Waals surface area contributed by atoms with Gasteiger partial charge in [-0.25, -0.2) is 0 Å². The Labute approximate surface area is 141 Å². The van der Waals surface area contributed by atoms with Gasteiger partial charge in [0.1, 0.15) is 0 Å². The molecule has 0 bridgehead atoms. The van der Waals surface area contributed by atoms with Crippen LogP contribution in [0.5, 0.6) is 0 Å². The van der Waals surface area contributed by atoms with Crippen molar-refractivity contribution in [3.05, 3.63) is 34.9 Å². The number of carbonyl (C=O) groups is 1. The Morgan fingerprint density at radius 3 is 2.52 bits per heavy atom. The Morgan fingerprint density at radius 2 is 2.05 bits per heavy atom. The summed E-state index contributed by atoms with van der Waals surface area (Å²) in [5, 5.41) is 1.03. The molecular weight excluding hydrogens is 345 g/mol. The molecule has 0 spiro atoms. The summed E-state index contributed by atoms with van der Waals surface area (Å²) in [5.74, 6) is 0. The number of nitrogens with zero attached hydrogens (tertiary/aromatic N) is 1. The van der Waals surface area contributed by atoms with Crippen LogP contribution in [0.3, 0.4) is 0 Å². The van der Waals surface area contributed by atoms with Crippen molar-refractivity contribution >= 4 is 46.8 Å². The van der Waals surface area contributed by atoms with Gasteiger partial charge in [-0.15, -0.1) is 0 Å². The maximum Gasteiger partial charge on any atom is 0.216 e. The van der Waals surface area contributed by atoms with Crippen LogP contribution in [0.25, 0.3) is 0 Å². The van der Waals surface area contributed by atoms with Crippen LogP contribution in [-0.2, 0) is 27.7 Å². The Bertz CT molecular complexity index is 498. The number of halogens is 1. The first-order chi connectivity index (χ1) is 9.95. The molecule has 1 aromatic rings. The van der Waals surface area contributed by atoms with E-state index in [0.29, 0.717) is 23.4 Å². The van der Waals surface area contributed by atoms with Crippen LogP contribution in [0.2, 0.25) is 5.02 Å². The molecule has 1 aromatic carbocycles. The van der Waals surface area contributed by atoms with Crippen molar-refractivity contribution < 1.29 is 9.32 Å². The fourth-order valence-electron chi connectivity index (χ4n) is 1.59. The number of benzene rings is 1. The zero-order valence-electron chi connectivity index (χ0n) is 12.5. The third kappa shape index (κ3) is 5.91. The van der Waals surface area contributed by atoms with E-state index in [0.717, 1.165) is 18.4 Å². The van der Waals surface area contributed by atoms with Crippen molar-refractivity contribution in [3.8, 4) is 0 Å². The molecular formula is C14H21ClNO2PS2. The highest BCUT2D eigenvalue weighted by molar-refractivity contribution is 8.68. The van der Waals surface area contributed by atoms with E-state index in [1.807, 2.05) is 31.2 Å². The smallest absolute Gasteiger partial charge is 0.216 e. The van der Waals surface area contributed by atoms with Gasteiger partial charge in [0.05, 0.1) is 13.2 Å². The third-order valence-electron chi connectivity index (χ3n) is 2.87. The van der Waals surface area contributed by atoms with Crippen LogP contribution >= 0.6 is 28.6 Å². The number of rotatable bonds is 9. The fraction of sp³-hybridized carbons (Fsp3) is 0.500. The lowest BCUT2D eigenvalue weighted by Gasteiger charge is -2.32. The molecule has 0 radical (unpaired) electrons. The second kappa shape index (κ2) is 9.16. The molecule has 0 saturated carbocycles. The molecule has 0 aliphatic carbocycles. The summed E-state index contributed by atoms with van der Waals surface area (Å²) < 4.78 is 7.44.